The van der Waals surface area contributed by atoms with Crippen LogP contribution in [0, 0.1) is 0 Å². The van der Waals surface area contributed by atoms with Crippen LogP contribution in [0.4, 0.5) is 5.69 Å². The number of furan rings is 1. The van der Waals surface area contributed by atoms with E-state index >= 15 is 0 Å². The quantitative estimate of drug-likeness (QED) is 0.595. The van der Waals surface area contributed by atoms with Gasteiger partial charge in [-0.2, -0.15) is 5.10 Å². The largest absolute Gasteiger partial charge is 0.472 e. The van der Waals surface area contributed by atoms with Gasteiger partial charge in [0.25, 0.3) is 5.91 Å². The molecule has 0 aliphatic heterocycles. The third-order valence-corrected chi connectivity index (χ3v) is 3.48. The molecule has 0 bridgehead atoms. The number of nitrogens with zero attached hydrogens (tertiary/aromatic N) is 4. The Hall–Kier alpha value is -3.94. The minimum atomic E-state index is -0.243. The van der Waals surface area contributed by atoms with E-state index in [0.29, 0.717) is 28.7 Å². The average Bonchev–Trinajstić information content (AvgIpc) is 3.38. The van der Waals surface area contributed by atoms with Gasteiger partial charge in [-0.25, -0.2) is 4.68 Å². The number of rotatable bonds is 5. The Morgan fingerprint density at radius 2 is 1.96 bits per heavy atom. The van der Waals surface area contributed by atoms with Gasteiger partial charge >= 0.3 is 0 Å². The molecule has 0 aliphatic carbocycles. The number of nitrogens with one attached hydrogen (secondary N) is 1. The lowest BCUT2D eigenvalue weighted by atomic mass is 10.2. The number of hydrogen-bond acceptors (Lipinski definition) is 6. The van der Waals surface area contributed by atoms with Crippen LogP contribution < -0.4 is 10.1 Å². The number of anilines is 1. The summed E-state index contributed by atoms with van der Waals surface area (Å²) in [7, 11) is 0. The van der Waals surface area contributed by atoms with Crippen LogP contribution in [-0.2, 0) is 0 Å². The first kappa shape index (κ1) is 15.6. The fraction of sp³-hybridized carbons (Fsp3) is 0. The van der Waals surface area contributed by atoms with Crippen molar-refractivity contribution >= 4 is 11.6 Å². The lowest BCUT2D eigenvalue weighted by Gasteiger charge is -2.07. The molecule has 0 spiro atoms. The van der Waals surface area contributed by atoms with Crippen molar-refractivity contribution in [1.29, 1.82) is 0 Å². The van der Waals surface area contributed by atoms with Crippen molar-refractivity contribution in [2.24, 2.45) is 0 Å². The minimum Gasteiger partial charge on any atom is -0.472 e. The van der Waals surface area contributed by atoms with Crippen LogP contribution in [0.3, 0.4) is 0 Å². The van der Waals surface area contributed by atoms with Crippen molar-refractivity contribution in [3.05, 3.63) is 79.0 Å². The van der Waals surface area contributed by atoms with E-state index in [9.17, 15) is 4.79 Å². The van der Waals surface area contributed by atoms with E-state index in [1.807, 2.05) is 0 Å². The Balaban J connectivity index is 1.40. The summed E-state index contributed by atoms with van der Waals surface area (Å²) < 4.78 is 12.1. The normalized spacial score (nSPS) is 10.5. The molecule has 1 amide bonds. The summed E-state index contributed by atoms with van der Waals surface area (Å²) in [6, 6.07) is 13.8. The van der Waals surface area contributed by atoms with Crippen molar-refractivity contribution in [2.45, 2.75) is 0 Å². The van der Waals surface area contributed by atoms with Crippen LogP contribution in [0.5, 0.6) is 11.6 Å². The molecule has 0 aliphatic rings. The molecule has 0 saturated heterocycles. The number of carbonyl (C=O) groups excluding carboxylic acids is 1. The molecule has 0 atom stereocenters. The van der Waals surface area contributed by atoms with Crippen molar-refractivity contribution in [2.75, 3.05) is 5.32 Å². The monoisotopic (exact) mass is 347 g/mol. The molecule has 8 heteroatoms. The molecule has 4 rings (SSSR count). The van der Waals surface area contributed by atoms with Crippen LogP contribution in [0.25, 0.3) is 5.82 Å². The second-order valence-corrected chi connectivity index (χ2v) is 5.27. The van der Waals surface area contributed by atoms with Crippen molar-refractivity contribution in [3.63, 3.8) is 0 Å². The molecular formula is C18H13N5O3. The highest BCUT2D eigenvalue weighted by atomic mass is 16.5. The van der Waals surface area contributed by atoms with E-state index < -0.39 is 0 Å². The lowest BCUT2D eigenvalue weighted by molar-refractivity contribution is 0.102. The average molecular weight is 347 g/mol. The van der Waals surface area contributed by atoms with Crippen LogP contribution in [0.2, 0.25) is 0 Å². The molecule has 26 heavy (non-hydrogen) atoms. The van der Waals surface area contributed by atoms with Crippen LogP contribution in [0.1, 0.15) is 10.4 Å². The van der Waals surface area contributed by atoms with Crippen molar-refractivity contribution in [3.8, 4) is 17.4 Å². The molecule has 1 aromatic carbocycles. The predicted octanol–water partition coefficient (Wildman–Crippen LogP) is 3.30. The van der Waals surface area contributed by atoms with E-state index in [2.05, 4.69) is 20.6 Å². The molecule has 8 nitrogen and oxygen atoms in total. The van der Waals surface area contributed by atoms with Gasteiger partial charge in [0.15, 0.2) is 5.82 Å². The van der Waals surface area contributed by atoms with Gasteiger partial charge in [-0.1, -0.05) is 0 Å². The lowest BCUT2D eigenvalue weighted by Crippen LogP contribution is -2.10. The highest BCUT2D eigenvalue weighted by Crippen LogP contribution is 2.21. The van der Waals surface area contributed by atoms with Crippen molar-refractivity contribution in [1.82, 2.24) is 20.0 Å². The minimum absolute atomic E-state index is 0.243. The molecule has 0 fully saturated rings. The number of carbonyl (C=O) groups is 1. The molecule has 3 aromatic heterocycles. The molecule has 128 valence electrons. The summed E-state index contributed by atoms with van der Waals surface area (Å²) in [5.41, 5.74) is 1.10. The molecule has 0 saturated carbocycles. The fourth-order valence-electron chi connectivity index (χ4n) is 2.22. The van der Waals surface area contributed by atoms with E-state index in [0.717, 1.165) is 0 Å². The second-order valence-electron chi connectivity index (χ2n) is 5.27. The molecule has 4 aromatic rings. The van der Waals surface area contributed by atoms with Gasteiger partial charge in [0.05, 0.1) is 11.8 Å². The maximum absolute atomic E-state index is 12.0. The summed E-state index contributed by atoms with van der Waals surface area (Å²) in [4.78, 5) is 12.0. The fourth-order valence-corrected chi connectivity index (χ4v) is 2.22. The summed E-state index contributed by atoms with van der Waals surface area (Å²) in [5, 5.41) is 14.9. The van der Waals surface area contributed by atoms with Crippen LogP contribution >= 0.6 is 0 Å². The predicted molar refractivity (Wildman–Crippen MR) is 92.3 cm³/mol. The molecule has 1 N–H and O–H groups in total. The number of aromatic nitrogens is 4. The van der Waals surface area contributed by atoms with E-state index in [-0.39, 0.29) is 5.91 Å². The van der Waals surface area contributed by atoms with Gasteiger partial charge in [0, 0.05) is 24.1 Å². The number of ether oxygens (including phenoxy) is 1. The van der Waals surface area contributed by atoms with Gasteiger partial charge in [-0.3, -0.25) is 4.79 Å². The smallest absolute Gasteiger partial charge is 0.258 e. The number of benzene rings is 1. The van der Waals surface area contributed by atoms with E-state index in [4.69, 9.17) is 9.15 Å². The third kappa shape index (κ3) is 3.44. The highest BCUT2D eigenvalue weighted by Gasteiger charge is 2.07. The SMILES string of the molecule is O=C(Nc1ccc(Oc2ccc(-n3cccn3)nn2)cc1)c1ccoc1. The summed E-state index contributed by atoms with van der Waals surface area (Å²) in [6.07, 6.45) is 6.28. The Kier molecular flexibility index (Phi) is 4.13. The third-order valence-electron chi connectivity index (χ3n) is 3.48. The second kappa shape index (κ2) is 6.89. The zero-order chi connectivity index (χ0) is 17.8. The van der Waals surface area contributed by atoms with Crippen molar-refractivity contribution < 1.29 is 13.9 Å². The number of hydrogen-bond donors (Lipinski definition) is 1. The Bertz CT molecular complexity index is 979. The molecule has 0 radical (unpaired) electrons. The molecule has 3 heterocycles. The Morgan fingerprint density at radius 1 is 1.08 bits per heavy atom. The van der Waals surface area contributed by atoms with E-state index in [1.54, 1.807) is 65.6 Å². The molecule has 0 unspecified atom stereocenters. The van der Waals surface area contributed by atoms with Gasteiger partial charge in [-0.05, 0) is 42.5 Å². The topological polar surface area (TPSA) is 95.1 Å². The van der Waals surface area contributed by atoms with Gasteiger partial charge in [0.1, 0.15) is 12.0 Å². The zero-order valence-corrected chi connectivity index (χ0v) is 13.4. The Morgan fingerprint density at radius 3 is 2.62 bits per heavy atom. The number of amides is 1. The zero-order valence-electron chi connectivity index (χ0n) is 13.4. The van der Waals surface area contributed by atoms with Gasteiger partial charge < -0.3 is 14.5 Å². The maximum atomic E-state index is 12.0. The Labute approximate surface area is 148 Å². The first-order chi connectivity index (χ1) is 12.8. The van der Waals surface area contributed by atoms with Crippen LogP contribution in [-0.4, -0.2) is 25.9 Å². The molecular weight excluding hydrogens is 334 g/mol. The van der Waals surface area contributed by atoms with E-state index in [1.165, 1.54) is 12.5 Å². The first-order valence-corrected chi connectivity index (χ1v) is 7.73. The standard InChI is InChI=1S/C18H13N5O3/c24-18(13-8-11-25-12-13)20-14-2-4-15(5-3-14)26-17-7-6-16(21-22-17)23-10-1-9-19-23/h1-12H,(H,20,24). The first-order valence-electron chi connectivity index (χ1n) is 7.73. The summed E-state index contributed by atoms with van der Waals surface area (Å²) in [6.45, 7) is 0. The van der Waals surface area contributed by atoms with Gasteiger partial charge in [0.2, 0.25) is 5.88 Å². The highest BCUT2D eigenvalue weighted by molar-refractivity contribution is 6.03. The summed E-state index contributed by atoms with van der Waals surface area (Å²) >= 11 is 0. The summed E-state index contributed by atoms with van der Waals surface area (Å²) in [5.74, 6) is 1.29. The van der Waals surface area contributed by atoms with Crippen LogP contribution in [0.15, 0.2) is 77.9 Å². The van der Waals surface area contributed by atoms with Gasteiger partial charge in [-0.15, -0.1) is 10.2 Å². The maximum Gasteiger partial charge on any atom is 0.258 e.